The first-order valence-electron chi connectivity index (χ1n) is 5.43. The van der Waals surface area contributed by atoms with Crippen molar-refractivity contribution in [3.8, 4) is 5.75 Å². The molecule has 0 radical (unpaired) electrons. The van der Waals surface area contributed by atoms with Crippen LogP contribution in [0, 0.1) is 0 Å². The normalized spacial score (nSPS) is 10.7. The van der Waals surface area contributed by atoms with Gasteiger partial charge in [-0.2, -0.15) is 0 Å². The van der Waals surface area contributed by atoms with E-state index in [9.17, 15) is 0 Å². The second-order valence-corrected chi connectivity index (χ2v) is 4.56. The molecular formula is C14H12BrNO2. The molecule has 0 saturated heterocycles. The molecule has 0 saturated carbocycles. The summed E-state index contributed by atoms with van der Waals surface area (Å²) in [6.45, 7) is 0.512. The van der Waals surface area contributed by atoms with Gasteiger partial charge in [0.25, 0.3) is 0 Å². The Kier molecular flexibility index (Phi) is 4.36. The molecule has 0 heterocycles. The SMILES string of the molecule is O/N=C\c1cc(OCc2ccccc2)ccc1Br. The Balaban J connectivity index is 2.08. The fourth-order valence-corrected chi connectivity index (χ4v) is 1.86. The van der Waals surface area contributed by atoms with E-state index in [1.807, 2.05) is 48.5 Å². The van der Waals surface area contributed by atoms with Crippen molar-refractivity contribution in [1.82, 2.24) is 0 Å². The van der Waals surface area contributed by atoms with Crippen molar-refractivity contribution < 1.29 is 9.94 Å². The highest BCUT2D eigenvalue weighted by Gasteiger charge is 2.01. The molecular weight excluding hydrogens is 294 g/mol. The predicted molar refractivity (Wildman–Crippen MR) is 74.3 cm³/mol. The van der Waals surface area contributed by atoms with E-state index in [2.05, 4.69) is 21.1 Å². The molecule has 4 heteroatoms. The Hall–Kier alpha value is -1.81. The fourth-order valence-electron chi connectivity index (χ4n) is 1.51. The van der Waals surface area contributed by atoms with Crippen molar-refractivity contribution in [3.63, 3.8) is 0 Å². The van der Waals surface area contributed by atoms with Gasteiger partial charge < -0.3 is 9.94 Å². The van der Waals surface area contributed by atoms with Gasteiger partial charge in [0.2, 0.25) is 0 Å². The quantitative estimate of drug-likeness (QED) is 0.530. The van der Waals surface area contributed by atoms with E-state index in [1.54, 1.807) is 0 Å². The molecule has 3 nitrogen and oxygen atoms in total. The van der Waals surface area contributed by atoms with Crippen LogP contribution in [0.3, 0.4) is 0 Å². The van der Waals surface area contributed by atoms with Crippen LogP contribution < -0.4 is 4.74 Å². The summed E-state index contributed by atoms with van der Waals surface area (Å²) < 4.78 is 6.52. The van der Waals surface area contributed by atoms with E-state index in [0.717, 1.165) is 21.3 Å². The number of ether oxygens (including phenoxy) is 1. The average molecular weight is 306 g/mol. The summed E-state index contributed by atoms with van der Waals surface area (Å²) in [4.78, 5) is 0. The Morgan fingerprint density at radius 2 is 1.94 bits per heavy atom. The van der Waals surface area contributed by atoms with Crippen LogP contribution in [-0.2, 0) is 6.61 Å². The molecule has 2 rings (SSSR count). The van der Waals surface area contributed by atoms with Crippen LogP contribution in [0.15, 0.2) is 58.2 Å². The van der Waals surface area contributed by atoms with Crippen molar-refractivity contribution in [2.45, 2.75) is 6.61 Å². The molecule has 0 aliphatic heterocycles. The fraction of sp³-hybridized carbons (Fsp3) is 0.0714. The number of benzene rings is 2. The molecule has 0 spiro atoms. The van der Waals surface area contributed by atoms with Crippen LogP contribution in [0.25, 0.3) is 0 Å². The van der Waals surface area contributed by atoms with Gasteiger partial charge in [-0.05, 0) is 23.8 Å². The van der Waals surface area contributed by atoms with Gasteiger partial charge in [-0.25, -0.2) is 0 Å². The van der Waals surface area contributed by atoms with E-state index >= 15 is 0 Å². The first-order chi connectivity index (χ1) is 8.79. The van der Waals surface area contributed by atoms with Gasteiger partial charge in [-0.1, -0.05) is 51.4 Å². The van der Waals surface area contributed by atoms with Crippen LogP contribution in [0.1, 0.15) is 11.1 Å². The van der Waals surface area contributed by atoms with Crippen molar-refractivity contribution >= 4 is 22.1 Å². The maximum absolute atomic E-state index is 8.55. The minimum absolute atomic E-state index is 0.512. The molecule has 1 N–H and O–H groups in total. The van der Waals surface area contributed by atoms with Gasteiger partial charge in [-0.3, -0.25) is 0 Å². The van der Waals surface area contributed by atoms with Gasteiger partial charge in [0.05, 0.1) is 6.21 Å². The van der Waals surface area contributed by atoms with E-state index < -0.39 is 0 Å². The number of oxime groups is 1. The van der Waals surface area contributed by atoms with Crippen LogP contribution in [0.5, 0.6) is 5.75 Å². The third-order valence-electron chi connectivity index (χ3n) is 2.41. The molecule has 0 aliphatic rings. The van der Waals surface area contributed by atoms with E-state index in [1.165, 1.54) is 6.21 Å². The standard InChI is InChI=1S/C14H12BrNO2/c15-14-7-6-13(8-12(14)9-16-17)18-10-11-4-2-1-3-5-11/h1-9,17H,10H2/b16-9-. The zero-order chi connectivity index (χ0) is 12.8. The second-order valence-electron chi connectivity index (χ2n) is 3.70. The highest BCUT2D eigenvalue weighted by Crippen LogP contribution is 2.22. The molecule has 2 aromatic rings. The number of rotatable bonds is 4. The molecule has 0 atom stereocenters. The first kappa shape index (κ1) is 12.6. The van der Waals surface area contributed by atoms with Crippen LogP contribution >= 0.6 is 15.9 Å². The van der Waals surface area contributed by atoms with E-state index in [0.29, 0.717) is 6.61 Å². The summed E-state index contributed by atoms with van der Waals surface area (Å²) in [5.41, 5.74) is 1.88. The summed E-state index contributed by atoms with van der Waals surface area (Å²) in [5.74, 6) is 0.733. The predicted octanol–water partition coefficient (Wildman–Crippen LogP) is 3.84. The van der Waals surface area contributed by atoms with Gasteiger partial charge in [0, 0.05) is 10.0 Å². The maximum atomic E-state index is 8.55. The number of halogens is 1. The Morgan fingerprint density at radius 1 is 1.17 bits per heavy atom. The number of hydrogen-bond donors (Lipinski definition) is 1. The summed E-state index contributed by atoms with van der Waals surface area (Å²) in [6, 6.07) is 15.5. The first-order valence-corrected chi connectivity index (χ1v) is 6.22. The zero-order valence-corrected chi connectivity index (χ0v) is 11.2. The number of nitrogens with zero attached hydrogens (tertiary/aromatic N) is 1. The molecule has 0 amide bonds. The van der Waals surface area contributed by atoms with Crippen LogP contribution in [0.2, 0.25) is 0 Å². The smallest absolute Gasteiger partial charge is 0.120 e. The minimum atomic E-state index is 0.512. The van der Waals surface area contributed by atoms with Crippen LogP contribution in [-0.4, -0.2) is 11.4 Å². The van der Waals surface area contributed by atoms with Gasteiger partial charge in [0.15, 0.2) is 0 Å². The lowest BCUT2D eigenvalue weighted by molar-refractivity contribution is 0.306. The summed E-state index contributed by atoms with van der Waals surface area (Å²) in [5, 5.41) is 11.6. The van der Waals surface area contributed by atoms with Gasteiger partial charge in [0.1, 0.15) is 12.4 Å². The molecule has 0 fully saturated rings. The Labute approximate surface area is 114 Å². The summed E-state index contributed by atoms with van der Waals surface area (Å²) >= 11 is 3.37. The van der Waals surface area contributed by atoms with Crippen LogP contribution in [0.4, 0.5) is 0 Å². The van der Waals surface area contributed by atoms with Crippen molar-refractivity contribution in [3.05, 3.63) is 64.1 Å². The average Bonchev–Trinajstić information content (AvgIpc) is 2.41. The van der Waals surface area contributed by atoms with Crippen molar-refractivity contribution in [2.24, 2.45) is 5.16 Å². The second kappa shape index (κ2) is 6.21. The highest BCUT2D eigenvalue weighted by molar-refractivity contribution is 9.10. The molecule has 0 aromatic heterocycles. The lowest BCUT2D eigenvalue weighted by Gasteiger charge is -2.07. The molecule has 92 valence electrons. The monoisotopic (exact) mass is 305 g/mol. The highest BCUT2D eigenvalue weighted by atomic mass is 79.9. The van der Waals surface area contributed by atoms with Crippen molar-refractivity contribution in [1.29, 1.82) is 0 Å². The lowest BCUT2D eigenvalue weighted by atomic mass is 10.2. The largest absolute Gasteiger partial charge is 0.489 e. The zero-order valence-electron chi connectivity index (χ0n) is 9.58. The molecule has 18 heavy (non-hydrogen) atoms. The molecule has 0 bridgehead atoms. The number of hydrogen-bond acceptors (Lipinski definition) is 3. The summed E-state index contributed by atoms with van der Waals surface area (Å²) in [6.07, 6.45) is 1.36. The third-order valence-corrected chi connectivity index (χ3v) is 3.13. The van der Waals surface area contributed by atoms with Gasteiger partial charge >= 0.3 is 0 Å². The topological polar surface area (TPSA) is 41.8 Å². The van der Waals surface area contributed by atoms with E-state index in [-0.39, 0.29) is 0 Å². The Morgan fingerprint density at radius 3 is 2.67 bits per heavy atom. The molecule has 0 unspecified atom stereocenters. The molecule has 2 aromatic carbocycles. The van der Waals surface area contributed by atoms with Crippen molar-refractivity contribution in [2.75, 3.05) is 0 Å². The minimum Gasteiger partial charge on any atom is -0.489 e. The molecule has 0 aliphatic carbocycles. The maximum Gasteiger partial charge on any atom is 0.120 e. The van der Waals surface area contributed by atoms with Gasteiger partial charge in [-0.15, -0.1) is 0 Å². The van der Waals surface area contributed by atoms with E-state index in [4.69, 9.17) is 9.94 Å². The third kappa shape index (κ3) is 3.34. The lowest BCUT2D eigenvalue weighted by Crippen LogP contribution is -1.96. The Bertz CT molecular complexity index is 541. The summed E-state index contributed by atoms with van der Waals surface area (Å²) in [7, 11) is 0.